The molecule has 4 bridgehead atoms. The molecule has 2 amide bonds. The van der Waals surface area contributed by atoms with Crippen LogP contribution in [0.4, 0.5) is 0 Å². The van der Waals surface area contributed by atoms with Crippen LogP contribution in [0.3, 0.4) is 0 Å². The van der Waals surface area contributed by atoms with E-state index < -0.39 is 0 Å². The first-order valence-electron chi connectivity index (χ1n) is 11.1. The Labute approximate surface area is 168 Å². The van der Waals surface area contributed by atoms with Crippen LogP contribution in [0.15, 0.2) is 24.3 Å². The molecule has 152 valence electrons. The van der Waals surface area contributed by atoms with Gasteiger partial charge in [0.25, 0.3) is 0 Å². The van der Waals surface area contributed by atoms with Crippen LogP contribution in [-0.2, 0) is 9.59 Å². The third-order valence-electron chi connectivity index (χ3n) is 7.42. The molecule has 0 heterocycles. The Hall–Kier alpha value is -1.84. The van der Waals surface area contributed by atoms with Crippen molar-refractivity contribution in [3.05, 3.63) is 35.4 Å². The van der Waals surface area contributed by atoms with E-state index >= 15 is 0 Å². The number of nitrogens with one attached hydrogen (secondary N) is 2. The molecule has 0 saturated heterocycles. The quantitative estimate of drug-likeness (QED) is 0.691. The fourth-order valence-electron chi connectivity index (χ4n) is 6.49. The van der Waals surface area contributed by atoms with Gasteiger partial charge in [-0.15, -0.1) is 0 Å². The van der Waals surface area contributed by atoms with Crippen molar-refractivity contribution in [2.45, 2.75) is 71.3 Å². The zero-order valence-corrected chi connectivity index (χ0v) is 17.3. The summed E-state index contributed by atoms with van der Waals surface area (Å²) in [4.78, 5) is 25.2. The molecule has 0 aromatic heterocycles. The van der Waals surface area contributed by atoms with Gasteiger partial charge >= 0.3 is 0 Å². The predicted octanol–water partition coefficient (Wildman–Crippen LogP) is 4.29. The van der Waals surface area contributed by atoms with Crippen LogP contribution < -0.4 is 10.6 Å². The van der Waals surface area contributed by atoms with Crippen LogP contribution in [0, 0.1) is 30.1 Å². The second kappa shape index (κ2) is 7.88. The third-order valence-corrected chi connectivity index (χ3v) is 7.42. The molecule has 4 saturated carbocycles. The summed E-state index contributed by atoms with van der Waals surface area (Å²) in [5.41, 5.74) is 2.26. The van der Waals surface area contributed by atoms with Crippen molar-refractivity contribution in [2.24, 2.45) is 23.2 Å². The maximum absolute atomic E-state index is 12.9. The third kappa shape index (κ3) is 3.97. The summed E-state index contributed by atoms with van der Waals surface area (Å²) in [6.07, 6.45) is 8.50. The fourth-order valence-corrected chi connectivity index (χ4v) is 6.49. The molecule has 28 heavy (non-hydrogen) atoms. The van der Waals surface area contributed by atoms with E-state index in [0.29, 0.717) is 19.4 Å². The average molecular weight is 383 g/mol. The van der Waals surface area contributed by atoms with Gasteiger partial charge in [0.15, 0.2) is 0 Å². The number of hydrogen-bond acceptors (Lipinski definition) is 2. The minimum atomic E-state index is -0.0869. The van der Waals surface area contributed by atoms with Gasteiger partial charge < -0.3 is 10.6 Å². The largest absolute Gasteiger partial charge is 0.356 e. The number of amides is 2. The molecular formula is C24H34N2O2. The molecule has 0 aliphatic heterocycles. The molecule has 4 fully saturated rings. The Morgan fingerprint density at radius 2 is 1.68 bits per heavy atom. The van der Waals surface area contributed by atoms with Crippen LogP contribution in [0.2, 0.25) is 0 Å². The molecule has 1 aromatic rings. The van der Waals surface area contributed by atoms with Crippen LogP contribution in [0.5, 0.6) is 0 Å². The van der Waals surface area contributed by atoms with Crippen molar-refractivity contribution in [3.63, 3.8) is 0 Å². The lowest BCUT2D eigenvalue weighted by atomic mass is 9.49. The molecule has 4 aliphatic rings. The fraction of sp³-hybridized carbons (Fsp3) is 0.667. The van der Waals surface area contributed by atoms with Gasteiger partial charge in [0.05, 0.1) is 6.04 Å². The van der Waals surface area contributed by atoms with E-state index in [4.69, 9.17) is 0 Å². The van der Waals surface area contributed by atoms with E-state index in [9.17, 15) is 9.59 Å². The monoisotopic (exact) mass is 382 g/mol. The Bertz CT molecular complexity index is 707. The molecule has 0 radical (unpaired) electrons. The zero-order chi connectivity index (χ0) is 19.7. The van der Waals surface area contributed by atoms with Crippen molar-refractivity contribution in [3.8, 4) is 0 Å². The number of aryl methyl sites for hydroxylation is 1. The summed E-state index contributed by atoms with van der Waals surface area (Å²) >= 11 is 0. The standard InChI is InChI=1S/C24H34N2O2/c1-16-6-3-4-7-21(16)17(2)26-22(27)8-5-9-25-23(28)24-13-18-10-19(14-24)12-20(11-18)15-24/h3-4,6-7,17-20H,5,8-15H2,1-2H3,(H,25,28)(H,26,27). The molecule has 1 aromatic carbocycles. The Morgan fingerprint density at radius 1 is 1.07 bits per heavy atom. The van der Waals surface area contributed by atoms with Crippen LogP contribution in [0.1, 0.15) is 75.5 Å². The number of carbonyl (C=O) groups is 2. The summed E-state index contributed by atoms with van der Waals surface area (Å²) < 4.78 is 0. The van der Waals surface area contributed by atoms with Crippen molar-refractivity contribution in [2.75, 3.05) is 6.54 Å². The van der Waals surface area contributed by atoms with E-state index in [1.807, 2.05) is 19.1 Å². The van der Waals surface area contributed by atoms with Gasteiger partial charge in [-0.2, -0.15) is 0 Å². The van der Waals surface area contributed by atoms with Gasteiger partial charge in [-0.05, 0) is 87.7 Å². The van der Waals surface area contributed by atoms with Gasteiger partial charge in [0.1, 0.15) is 0 Å². The van der Waals surface area contributed by atoms with Gasteiger partial charge in [-0.1, -0.05) is 24.3 Å². The van der Waals surface area contributed by atoms with E-state index in [0.717, 1.165) is 42.6 Å². The van der Waals surface area contributed by atoms with Crippen molar-refractivity contribution in [1.82, 2.24) is 10.6 Å². The molecule has 2 N–H and O–H groups in total. The maximum atomic E-state index is 12.9. The maximum Gasteiger partial charge on any atom is 0.226 e. The highest BCUT2D eigenvalue weighted by molar-refractivity contribution is 5.83. The van der Waals surface area contributed by atoms with Crippen LogP contribution in [0.25, 0.3) is 0 Å². The van der Waals surface area contributed by atoms with Crippen LogP contribution in [-0.4, -0.2) is 18.4 Å². The summed E-state index contributed by atoms with van der Waals surface area (Å²) in [6.45, 7) is 4.69. The van der Waals surface area contributed by atoms with E-state index in [1.165, 1.54) is 24.8 Å². The second-order valence-corrected chi connectivity index (χ2v) is 9.70. The highest BCUT2D eigenvalue weighted by Crippen LogP contribution is 2.60. The SMILES string of the molecule is Cc1ccccc1C(C)NC(=O)CCCNC(=O)C12CC3CC(CC(C3)C1)C2. The first-order chi connectivity index (χ1) is 13.4. The first-order valence-corrected chi connectivity index (χ1v) is 11.1. The lowest BCUT2D eigenvalue weighted by Gasteiger charge is -2.55. The number of rotatable bonds is 7. The molecule has 0 spiro atoms. The lowest BCUT2D eigenvalue weighted by molar-refractivity contribution is -0.146. The molecule has 4 heteroatoms. The number of hydrogen-bond donors (Lipinski definition) is 2. The highest BCUT2D eigenvalue weighted by Gasteiger charge is 2.54. The molecule has 5 rings (SSSR count). The minimum absolute atomic E-state index is 0.00955. The molecule has 1 unspecified atom stereocenters. The van der Waals surface area contributed by atoms with Gasteiger partial charge in [0.2, 0.25) is 11.8 Å². The Morgan fingerprint density at radius 3 is 2.29 bits per heavy atom. The molecule has 1 atom stereocenters. The highest BCUT2D eigenvalue weighted by atomic mass is 16.2. The van der Waals surface area contributed by atoms with Gasteiger partial charge in [-0.3, -0.25) is 9.59 Å². The lowest BCUT2D eigenvalue weighted by Crippen LogP contribution is -2.53. The molecule has 4 aliphatic carbocycles. The van der Waals surface area contributed by atoms with Crippen molar-refractivity contribution < 1.29 is 9.59 Å². The molecule has 4 nitrogen and oxygen atoms in total. The number of carbonyl (C=O) groups excluding carboxylic acids is 2. The Kier molecular flexibility index (Phi) is 5.48. The van der Waals surface area contributed by atoms with E-state index in [1.54, 1.807) is 0 Å². The second-order valence-electron chi connectivity index (χ2n) is 9.70. The summed E-state index contributed by atoms with van der Waals surface area (Å²) in [5, 5.41) is 6.25. The number of benzene rings is 1. The minimum Gasteiger partial charge on any atom is -0.356 e. The topological polar surface area (TPSA) is 58.2 Å². The van der Waals surface area contributed by atoms with Crippen LogP contribution >= 0.6 is 0 Å². The summed E-state index contributed by atoms with van der Waals surface area (Å²) in [7, 11) is 0. The zero-order valence-electron chi connectivity index (χ0n) is 17.3. The summed E-state index contributed by atoms with van der Waals surface area (Å²) in [5.74, 6) is 2.67. The van der Waals surface area contributed by atoms with E-state index in [-0.39, 0.29) is 23.3 Å². The summed E-state index contributed by atoms with van der Waals surface area (Å²) in [6, 6.07) is 8.16. The van der Waals surface area contributed by atoms with Crippen molar-refractivity contribution in [1.29, 1.82) is 0 Å². The van der Waals surface area contributed by atoms with E-state index in [2.05, 4.69) is 29.7 Å². The Balaban J connectivity index is 1.20. The van der Waals surface area contributed by atoms with Gasteiger partial charge in [0, 0.05) is 18.4 Å². The molecular weight excluding hydrogens is 348 g/mol. The van der Waals surface area contributed by atoms with Crippen molar-refractivity contribution >= 4 is 11.8 Å². The predicted molar refractivity (Wildman–Crippen MR) is 111 cm³/mol. The average Bonchev–Trinajstić information content (AvgIpc) is 2.64. The normalized spacial score (nSPS) is 31.4. The van der Waals surface area contributed by atoms with Gasteiger partial charge in [-0.25, -0.2) is 0 Å². The first kappa shape index (κ1) is 19.5. The smallest absolute Gasteiger partial charge is 0.226 e.